The second kappa shape index (κ2) is 7.82. The molecule has 4 aromatic rings. The SMILES string of the molecule is COCc1nc(NCc2ccccc2F)c2c(-c3ccccc3)csc2n1. The van der Waals surface area contributed by atoms with E-state index >= 15 is 0 Å². The predicted molar refractivity (Wildman–Crippen MR) is 107 cm³/mol. The molecule has 0 saturated carbocycles. The van der Waals surface area contributed by atoms with Crippen molar-refractivity contribution in [3.63, 3.8) is 0 Å². The number of fused-ring (bicyclic) bond motifs is 1. The summed E-state index contributed by atoms with van der Waals surface area (Å²) < 4.78 is 19.2. The van der Waals surface area contributed by atoms with E-state index in [0.29, 0.717) is 30.4 Å². The number of halogens is 1. The van der Waals surface area contributed by atoms with Gasteiger partial charge in [-0.05, 0) is 11.6 Å². The average molecular weight is 379 g/mol. The molecule has 0 fully saturated rings. The fraction of sp³-hybridized carbons (Fsp3) is 0.143. The fourth-order valence-electron chi connectivity index (χ4n) is 2.96. The number of nitrogens with zero attached hydrogens (tertiary/aromatic N) is 2. The second-order valence-electron chi connectivity index (χ2n) is 6.06. The maximum atomic E-state index is 14.0. The van der Waals surface area contributed by atoms with Crippen molar-refractivity contribution in [2.75, 3.05) is 12.4 Å². The highest BCUT2D eigenvalue weighted by Crippen LogP contribution is 2.37. The number of aromatic nitrogens is 2. The zero-order valence-electron chi connectivity index (χ0n) is 14.8. The first-order valence-corrected chi connectivity index (χ1v) is 9.44. The molecule has 0 unspecified atom stereocenters. The number of benzene rings is 2. The van der Waals surface area contributed by atoms with E-state index in [4.69, 9.17) is 4.74 Å². The Hall–Kier alpha value is -2.83. The molecule has 0 saturated heterocycles. The topological polar surface area (TPSA) is 47.0 Å². The van der Waals surface area contributed by atoms with Gasteiger partial charge in [-0.15, -0.1) is 11.3 Å². The Kier molecular flexibility index (Phi) is 5.09. The normalized spacial score (nSPS) is 11.0. The summed E-state index contributed by atoms with van der Waals surface area (Å²) in [6, 6.07) is 16.9. The fourth-order valence-corrected chi connectivity index (χ4v) is 3.92. The van der Waals surface area contributed by atoms with Crippen LogP contribution < -0.4 is 5.32 Å². The molecule has 2 heterocycles. The minimum atomic E-state index is -0.235. The van der Waals surface area contributed by atoms with E-state index in [0.717, 1.165) is 21.3 Å². The summed E-state index contributed by atoms with van der Waals surface area (Å²) in [5, 5.41) is 6.33. The summed E-state index contributed by atoms with van der Waals surface area (Å²) in [5.74, 6) is 1.05. The minimum absolute atomic E-state index is 0.235. The smallest absolute Gasteiger partial charge is 0.158 e. The number of thiophene rings is 1. The minimum Gasteiger partial charge on any atom is -0.377 e. The molecule has 1 N–H and O–H groups in total. The average Bonchev–Trinajstić information content (AvgIpc) is 3.12. The van der Waals surface area contributed by atoms with Crippen molar-refractivity contribution in [1.29, 1.82) is 0 Å². The third-order valence-electron chi connectivity index (χ3n) is 4.24. The molecule has 27 heavy (non-hydrogen) atoms. The third kappa shape index (κ3) is 3.67. The Balaban J connectivity index is 1.78. The van der Waals surface area contributed by atoms with E-state index in [1.54, 1.807) is 30.6 Å². The zero-order chi connectivity index (χ0) is 18.6. The van der Waals surface area contributed by atoms with Crippen LogP contribution >= 0.6 is 11.3 Å². The van der Waals surface area contributed by atoms with Gasteiger partial charge in [0, 0.05) is 30.2 Å². The van der Waals surface area contributed by atoms with Crippen molar-refractivity contribution in [3.8, 4) is 11.1 Å². The molecule has 0 aliphatic rings. The number of anilines is 1. The predicted octanol–water partition coefficient (Wildman–Crippen LogP) is 5.26. The summed E-state index contributed by atoms with van der Waals surface area (Å²) >= 11 is 1.57. The highest BCUT2D eigenvalue weighted by atomic mass is 32.1. The van der Waals surface area contributed by atoms with Gasteiger partial charge >= 0.3 is 0 Å². The van der Waals surface area contributed by atoms with Crippen LogP contribution in [0.1, 0.15) is 11.4 Å². The molecule has 6 heteroatoms. The molecular formula is C21H18FN3OS. The molecule has 4 rings (SSSR count). The molecule has 136 valence electrons. The van der Waals surface area contributed by atoms with Gasteiger partial charge < -0.3 is 10.1 Å². The van der Waals surface area contributed by atoms with Gasteiger partial charge in [0.15, 0.2) is 5.82 Å². The van der Waals surface area contributed by atoms with Crippen molar-refractivity contribution >= 4 is 27.4 Å². The number of ether oxygens (including phenoxy) is 1. The van der Waals surface area contributed by atoms with E-state index in [1.165, 1.54) is 6.07 Å². The lowest BCUT2D eigenvalue weighted by Crippen LogP contribution is -2.07. The molecule has 0 spiro atoms. The van der Waals surface area contributed by atoms with Crippen LogP contribution in [-0.2, 0) is 17.9 Å². The van der Waals surface area contributed by atoms with Crippen LogP contribution in [0.2, 0.25) is 0 Å². The maximum Gasteiger partial charge on any atom is 0.158 e. The van der Waals surface area contributed by atoms with E-state index in [1.807, 2.05) is 24.3 Å². The Morgan fingerprint density at radius 3 is 2.59 bits per heavy atom. The standard InChI is InChI=1S/C21H18FN3OS/c1-26-12-18-24-20(23-11-15-9-5-6-10-17(15)22)19-16(13-27-21(19)25-18)14-7-3-2-4-8-14/h2-10,13H,11-12H2,1H3,(H,23,24,25). The lowest BCUT2D eigenvalue weighted by atomic mass is 10.1. The van der Waals surface area contributed by atoms with Crippen LogP contribution in [0.25, 0.3) is 21.3 Å². The Labute approximate surface area is 160 Å². The lowest BCUT2D eigenvalue weighted by molar-refractivity contribution is 0.178. The van der Waals surface area contributed by atoms with E-state index in [-0.39, 0.29) is 5.82 Å². The van der Waals surface area contributed by atoms with Crippen molar-refractivity contribution in [2.45, 2.75) is 13.2 Å². The van der Waals surface area contributed by atoms with Crippen LogP contribution in [0.3, 0.4) is 0 Å². The van der Waals surface area contributed by atoms with Gasteiger partial charge in [-0.2, -0.15) is 0 Å². The Morgan fingerprint density at radius 1 is 1.04 bits per heavy atom. The molecule has 2 aromatic heterocycles. The highest BCUT2D eigenvalue weighted by molar-refractivity contribution is 7.17. The number of hydrogen-bond donors (Lipinski definition) is 1. The number of rotatable bonds is 6. The lowest BCUT2D eigenvalue weighted by Gasteiger charge is -2.11. The summed E-state index contributed by atoms with van der Waals surface area (Å²) in [6.45, 7) is 0.665. The first-order valence-electron chi connectivity index (χ1n) is 8.56. The van der Waals surface area contributed by atoms with E-state index in [9.17, 15) is 4.39 Å². The van der Waals surface area contributed by atoms with Crippen molar-refractivity contribution in [2.24, 2.45) is 0 Å². The molecular weight excluding hydrogens is 361 g/mol. The Morgan fingerprint density at radius 2 is 1.81 bits per heavy atom. The quantitative estimate of drug-likeness (QED) is 0.497. The largest absolute Gasteiger partial charge is 0.377 e. The first kappa shape index (κ1) is 17.6. The van der Waals surface area contributed by atoms with E-state index in [2.05, 4.69) is 32.8 Å². The van der Waals surface area contributed by atoms with Gasteiger partial charge in [-0.3, -0.25) is 0 Å². The van der Waals surface area contributed by atoms with Crippen molar-refractivity contribution in [3.05, 3.63) is 77.2 Å². The summed E-state index contributed by atoms with van der Waals surface area (Å²) in [7, 11) is 1.61. The van der Waals surface area contributed by atoms with Gasteiger partial charge in [0.05, 0.1) is 5.39 Å². The van der Waals surface area contributed by atoms with Gasteiger partial charge in [0.1, 0.15) is 23.1 Å². The zero-order valence-corrected chi connectivity index (χ0v) is 15.6. The number of nitrogens with one attached hydrogen (secondary N) is 1. The van der Waals surface area contributed by atoms with Crippen molar-refractivity contribution < 1.29 is 9.13 Å². The molecule has 2 aromatic carbocycles. The maximum absolute atomic E-state index is 14.0. The number of hydrogen-bond acceptors (Lipinski definition) is 5. The van der Waals surface area contributed by atoms with Gasteiger partial charge in [0.2, 0.25) is 0 Å². The monoisotopic (exact) mass is 379 g/mol. The molecule has 0 radical (unpaired) electrons. The van der Waals surface area contributed by atoms with Crippen molar-refractivity contribution in [1.82, 2.24) is 9.97 Å². The summed E-state index contributed by atoms with van der Waals surface area (Å²) in [6.07, 6.45) is 0. The second-order valence-corrected chi connectivity index (χ2v) is 6.92. The Bertz CT molecular complexity index is 1070. The summed E-state index contributed by atoms with van der Waals surface area (Å²) in [5.41, 5.74) is 2.76. The van der Waals surface area contributed by atoms with E-state index < -0.39 is 0 Å². The van der Waals surface area contributed by atoms with Crippen LogP contribution in [0.4, 0.5) is 10.2 Å². The summed E-state index contributed by atoms with van der Waals surface area (Å²) in [4.78, 5) is 10.1. The van der Waals surface area contributed by atoms with Gasteiger partial charge in [-0.1, -0.05) is 48.5 Å². The molecule has 4 nitrogen and oxygen atoms in total. The van der Waals surface area contributed by atoms with Crippen LogP contribution in [0.15, 0.2) is 60.0 Å². The van der Waals surface area contributed by atoms with Gasteiger partial charge in [0.25, 0.3) is 0 Å². The molecule has 0 aliphatic heterocycles. The highest BCUT2D eigenvalue weighted by Gasteiger charge is 2.15. The molecule has 0 aliphatic carbocycles. The molecule has 0 bridgehead atoms. The number of methoxy groups -OCH3 is 1. The van der Waals surface area contributed by atoms with Crippen LogP contribution in [0, 0.1) is 5.82 Å². The molecule has 0 amide bonds. The first-order chi connectivity index (χ1) is 13.3. The van der Waals surface area contributed by atoms with Crippen LogP contribution in [0.5, 0.6) is 0 Å². The third-order valence-corrected chi connectivity index (χ3v) is 5.11. The van der Waals surface area contributed by atoms with Crippen LogP contribution in [-0.4, -0.2) is 17.1 Å². The van der Waals surface area contributed by atoms with Gasteiger partial charge in [-0.25, -0.2) is 14.4 Å². The molecule has 0 atom stereocenters.